The minimum absolute atomic E-state index is 0.0611. The number of ketones is 1. The van der Waals surface area contributed by atoms with E-state index < -0.39 is 11.7 Å². The molecule has 0 radical (unpaired) electrons. The summed E-state index contributed by atoms with van der Waals surface area (Å²) in [5.41, 5.74) is 0.216. The van der Waals surface area contributed by atoms with Crippen LogP contribution in [0.4, 0.5) is 36.3 Å². The zero-order valence-corrected chi connectivity index (χ0v) is 14.1. The van der Waals surface area contributed by atoms with Gasteiger partial charge in [0.25, 0.3) is 0 Å². The van der Waals surface area contributed by atoms with Gasteiger partial charge in [0, 0.05) is 11.3 Å². The van der Waals surface area contributed by atoms with Crippen LogP contribution >= 0.6 is 0 Å². The maximum absolute atomic E-state index is 13.1. The molecule has 0 aliphatic carbocycles. The highest BCUT2D eigenvalue weighted by Gasteiger charge is 2.33. The van der Waals surface area contributed by atoms with Crippen molar-refractivity contribution in [3.8, 4) is 0 Å². The van der Waals surface area contributed by atoms with Crippen LogP contribution in [-0.2, 0) is 6.18 Å². The minimum Gasteiger partial charge on any atom is -0.338 e. The Bertz CT molecular complexity index is 958. The summed E-state index contributed by atoms with van der Waals surface area (Å²) in [6, 6.07) is 11.7. The smallest absolute Gasteiger partial charge is 0.338 e. The van der Waals surface area contributed by atoms with Gasteiger partial charge in [0.1, 0.15) is 0 Å². The molecule has 2 N–H and O–H groups in total. The average molecular weight is 373 g/mol. The summed E-state index contributed by atoms with van der Waals surface area (Å²) in [5.74, 6) is 0.138. The van der Waals surface area contributed by atoms with E-state index in [0.29, 0.717) is 11.3 Å². The molecule has 0 saturated heterocycles. The topological polar surface area (TPSA) is 79.8 Å². The van der Waals surface area contributed by atoms with Gasteiger partial charge in [-0.2, -0.15) is 23.3 Å². The van der Waals surface area contributed by atoms with E-state index >= 15 is 0 Å². The van der Waals surface area contributed by atoms with Crippen molar-refractivity contribution in [3.05, 3.63) is 65.9 Å². The first-order chi connectivity index (χ1) is 12.8. The van der Waals surface area contributed by atoms with Crippen LogP contribution < -0.4 is 10.6 Å². The first-order valence-corrected chi connectivity index (χ1v) is 7.84. The summed E-state index contributed by atoms with van der Waals surface area (Å²) in [4.78, 5) is 15.4. The molecule has 138 valence electrons. The summed E-state index contributed by atoms with van der Waals surface area (Å²) < 4.78 is 39.2. The summed E-state index contributed by atoms with van der Waals surface area (Å²) in [6.45, 7) is 1.46. The molecule has 6 nitrogen and oxygen atoms in total. The van der Waals surface area contributed by atoms with Crippen LogP contribution in [0.25, 0.3) is 0 Å². The third kappa shape index (κ3) is 4.57. The molecule has 9 heteroatoms. The molecule has 0 aliphatic rings. The molecular weight excluding hydrogens is 359 g/mol. The number of anilines is 4. The van der Waals surface area contributed by atoms with Crippen molar-refractivity contribution in [2.45, 2.75) is 13.1 Å². The molecule has 0 saturated carbocycles. The molecule has 0 fully saturated rings. The van der Waals surface area contributed by atoms with Gasteiger partial charge in [-0.3, -0.25) is 4.79 Å². The molecule has 1 aromatic heterocycles. The van der Waals surface area contributed by atoms with Crippen molar-refractivity contribution in [1.29, 1.82) is 0 Å². The number of para-hydroxylation sites is 1. The monoisotopic (exact) mass is 373 g/mol. The maximum Gasteiger partial charge on any atom is 0.418 e. The molecule has 1 heterocycles. The molecule has 3 rings (SSSR count). The van der Waals surface area contributed by atoms with E-state index in [1.165, 1.54) is 31.3 Å². The van der Waals surface area contributed by atoms with Crippen molar-refractivity contribution >= 4 is 28.9 Å². The van der Waals surface area contributed by atoms with Gasteiger partial charge in [-0.1, -0.05) is 12.1 Å². The van der Waals surface area contributed by atoms with Gasteiger partial charge in [-0.15, -0.1) is 5.10 Å². The quantitative estimate of drug-likeness (QED) is 0.637. The van der Waals surface area contributed by atoms with Crippen LogP contribution in [0.5, 0.6) is 0 Å². The van der Waals surface area contributed by atoms with Gasteiger partial charge < -0.3 is 10.6 Å². The molecule has 0 aliphatic heterocycles. The number of Topliss-reactive ketones (excluding diaryl/α,β-unsaturated/α-hetero) is 1. The Hall–Kier alpha value is -3.49. The van der Waals surface area contributed by atoms with Crippen LogP contribution in [0, 0.1) is 0 Å². The number of aromatic nitrogens is 3. The average Bonchev–Trinajstić information content (AvgIpc) is 2.62. The largest absolute Gasteiger partial charge is 0.418 e. The number of carbonyl (C=O) groups excluding carboxylic acids is 1. The summed E-state index contributed by atoms with van der Waals surface area (Å²) in [7, 11) is 0. The lowest BCUT2D eigenvalue weighted by molar-refractivity contribution is -0.136. The predicted molar refractivity (Wildman–Crippen MR) is 94.3 cm³/mol. The van der Waals surface area contributed by atoms with Gasteiger partial charge in [0.05, 0.1) is 17.4 Å². The van der Waals surface area contributed by atoms with Crippen LogP contribution in [0.3, 0.4) is 0 Å². The Kier molecular flexibility index (Phi) is 5.02. The second-order valence-corrected chi connectivity index (χ2v) is 5.59. The number of carbonyl (C=O) groups is 1. The van der Waals surface area contributed by atoms with Crippen LogP contribution in [0.1, 0.15) is 22.8 Å². The molecule has 0 spiro atoms. The SMILES string of the molecule is CC(=O)c1ccc(Nc2nncc(Nc3ccccc3C(F)(F)F)n2)cc1. The fourth-order valence-corrected chi connectivity index (χ4v) is 2.31. The molecule has 0 amide bonds. The first kappa shape index (κ1) is 18.3. The van der Waals surface area contributed by atoms with Crippen LogP contribution in [-0.4, -0.2) is 21.0 Å². The second kappa shape index (κ2) is 7.40. The Morgan fingerprint density at radius 2 is 1.70 bits per heavy atom. The zero-order chi connectivity index (χ0) is 19.4. The molecule has 0 bridgehead atoms. The number of alkyl halides is 3. The number of hydrogen-bond acceptors (Lipinski definition) is 6. The zero-order valence-electron chi connectivity index (χ0n) is 14.1. The van der Waals surface area contributed by atoms with E-state index in [2.05, 4.69) is 25.8 Å². The fraction of sp³-hybridized carbons (Fsp3) is 0.111. The third-order valence-electron chi connectivity index (χ3n) is 3.60. The number of nitrogens with one attached hydrogen (secondary N) is 2. The van der Waals surface area contributed by atoms with Gasteiger partial charge in [-0.25, -0.2) is 0 Å². The fourth-order valence-electron chi connectivity index (χ4n) is 2.31. The first-order valence-electron chi connectivity index (χ1n) is 7.84. The van der Waals surface area contributed by atoms with E-state index in [-0.39, 0.29) is 23.2 Å². The van der Waals surface area contributed by atoms with E-state index in [4.69, 9.17) is 0 Å². The normalized spacial score (nSPS) is 11.1. The number of halogens is 3. The third-order valence-corrected chi connectivity index (χ3v) is 3.60. The maximum atomic E-state index is 13.1. The lowest BCUT2D eigenvalue weighted by Gasteiger charge is -2.14. The van der Waals surface area contributed by atoms with E-state index in [0.717, 1.165) is 6.07 Å². The lowest BCUT2D eigenvalue weighted by atomic mass is 10.1. The Labute approximate surface area is 152 Å². The van der Waals surface area contributed by atoms with Crippen molar-refractivity contribution in [1.82, 2.24) is 15.2 Å². The van der Waals surface area contributed by atoms with Crippen LogP contribution in [0.15, 0.2) is 54.7 Å². The van der Waals surface area contributed by atoms with Crippen LogP contribution in [0.2, 0.25) is 0 Å². The molecule has 0 atom stereocenters. The van der Waals surface area contributed by atoms with E-state index in [1.807, 2.05) is 0 Å². The van der Waals surface area contributed by atoms with Gasteiger partial charge in [-0.05, 0) is 43.3 Å². The van der Waals surface area contributed by atoms with Crippen molar-refractivity contribution in [3.63, 3.8) is 0 Å². The number of benzene rings is 2. The summed E-state index contributed by atoms with van der Waals surface area (Å²) in [6.07, 6.45) is -3.28. The number of rotatable bonds is 5. The highest BCUT2D eigenvalue weighted by atomic mass is 19.4. The molecule has 27 heavy (non-hydrogen) atoms. The van der Waals surface area contributed by atoms with E-state index in [9.17, 15) is 18.0 Å². The van der Waals surface area contributed by atoms with E-state index in [1.54, 1.807) is 24.3 Å². The summed E-state index contributed by atoms with van der Waals surface area (Å²) in [5, 5.41) is 13.0. The van der Waals surface area contributed by atoms with Gasteiger partial charge in [0.15, 0.2) is 11.6 Å². The second-order valence-electron chi connectivity index (χ2n) is 5.59. The Morgan fingerprint density at radius 3 is 2.37 bits per heavy atom. The lowest BCUT2D eigenvalue weighted by Crippen LogP contribution is -2.09. The standard InChI is InChI=1S/C18H14F3N5O/c1-11(27)12-6-8-13(9-7-12)23-17-25-16(10-22-26-17)24-15-5-3-2-4-14(15)18(19,20)21/h2-10H,1H3,(H2,23,24,25,26). The minimum atomic E-state index is -4.50. The molecule has 2 aromatic carbocycles. The Morgan fingerprint density at radius 1 is 1.00 bits per heavy atom. The molecule has 0 unspecified atom stereocenters. The highest BCUT2D eigenvalue weighted by molar-refractivity contribution is 5.94. The molecular formula is C18H14F3N5O. The van der Waals surface area contributed by atoms with Crippen molar-refractivity contribution in [2.75, 3.05) is 10.6 Å². The van der Waals surface area contributed by atoms with Crippen molar-refractivity contribution < 1.29 is 18.0 Å². The number of nitrogens with zero attached hydrogens (tertiary/aromatic N) is 3. The predicted octanol–water partition coefficient (Wildman–Crippen LogP) is 4.58. The Balaban J connectivity index is 1.79. The van der Waals surface area contributed by atoms with Gasteiger partial charge >= 0.3 is 6.18 Å². The molecule has 3 aromatic rings. The van der Waals surface area contributed by atoms with Crippen molar-refractivity contribution in [2.24, 2.45) is 0 Å². The number of hydrogen-bond donors (Lipinski definition) is 2. The van der Waals surface area contributed by atoms with Gasteiger partial charge in [0.2, 0.25) is 5.95 Å². The highest BCUT2D eigenvalue weighted by Crippen LogP contribution is 2.35. The summed E-state index contributed by atoms with van der Waals surface area (Å²) >= 11 is 0.